The number of likely N-dealkylation sites (tertiary alicyclic amines) is 1. The van der Waals surface area contributed by atoms with Crippen molar-refractivity contribution in [1.29, 1.82) is 0 Å². The summed E-state index contributed by atoms with van der Waals surface area (Å²) in [5.74, 6) is 2.12. The molecule has 0 unspecified atom stereocenters. The minimum Gasteiger partial charge on any atom is -0.508 e. The molecule has 2 heteroatoms. The number of phenolic OH excluding ortho intramolecular Hbond substituents is 1. The van der Waals surface area contributed by atoms with Gasteiger partial charge in [0.2, 0.25) is 0 Å². The van der Waals surface area contributed by atoms with Crippen LogP contribution in [-0.2, 0) is 6.54 Å². The Morgan fingerprint density at radius 3 is 2.56 bits per heavy atom. The number of piperidine rings is 1. The first-order valence-electron chi connectivity index (χ1n) is 7.07. The lowest BCUT2D eigenvalue weighted by molar-refractivity contribution is 0.151. The Kier molecular flexibility index (Phi) is 4.28. The lowest BCUT2D eigenvalue weighted by atomic mass is 9.86. The van der Waals surface area contributed by atoms with Gasteiger partial charge in [0.05, 0.1) is 0 Å². The second-order valence-electron chi connectivity index (χ2n) is 5.99. The average molecular weight is 247 g/mol. The van der Waals surface area contributed by atoms with Crippen molar-refractivity contribution in [2.24, 2.45) is 11.8 Å². The van der Waals surface area contributed by atoms with E-state index in [9.17, 15) is 5.11 Å². The van der Waals surface area contributed by atoms with Gasteiger partial charge in [0.15, 0.2) is 0 Å². The van der Waals surface area contributed by atoms with E-state index < -0.39 is 0 Å². The molecular formula is C16H25NO. The highest BCUT2D eigenvalue weighted by Crippen LogP contribution is 2.27. The zero-order valence-electron chi connectivity index (χ0n) is 11.8. The summed E-state index contributed by atoms with van der Waals surface area (Å²) in [4.78, 5) is 2.47. The summed E-state index contributed by atoms with van der Waals surface area (Å²) in [6, 6.07) is 5.87. The van der Waals surface area contributed by atoms with E-state index in [1.807, 2.05) is 12.1 Å². The first-order valence-corrected chi connectivity index (χ1v) is 7.07. The zero-order valence-corrected chi connectivity index (χ0v) is 11.8. The first-order chi connectivity index (χ1) is 8.56. The Hall–Kier alpha value is -1.02. The van der Waals surface area contributed by atoms with E-state index in [1.165, 1.54) is 18.4 Å². The highest BCUT2D eigenvalue weighted by molar-refractivity contribution is 5.35. The topological polar surface area (TPSA) is 23.5 Å². The molecule has 0 radical (unpaired) electrons. The molecule has 1 aliphatic heterocycles. The van der Waals surface area contributed by atoms with Gasteiger partial charge in [-0.05, 0) is 50.8 Å². The standard InChI is InChI=1S/C16H25NO/c1-12(2)14-6-8-17(9-7-14)11-15-10-13(3)4-5-16(15)18/h4-5,10,12,14,18H,6-9,11H2,1-3H3. The van der Waals surface area contributed by atoms with Crippen LogP contribution in [0.15, 0.2) is 18.2 Å². The number of phenols is 1. The summed E-state index contributed by atoms with van der Waals surface area (Å²) in [6.07, 6.45) is 2.59. The minimum absolute atomic E-state index is 0.437. The van der Waals surface area contributed by atoms with Crippen LogP contribution in [0.2, 0.25) is 0 Å². The molecule has 1 heterocycles. The predicted octanol–water partition coefficient (Wildman–Crippen LogP) is 3.57. The van der Waals surface area contributed by atoms with Crippen molar-refractivity contribution < 1.29 is 5.11 Å². The Labute approximate surface area is 111 Å². The van der Waals surface area contributed by atoms with Crippen LogP contribution in [0.25, 0.3) is 0 Å². The van der Waals surface area contributed by atoms with Crippen molar-refractivity contribution in [2.75, 3.05) is 13.1 Å². The lowest BCUT2D eigenvalue weighted by Crippen LogP contribution is -2.34. The molecule has 100 valence electrons. The fourth-order valence-electron chi connectivity index (χ4n) is 2.86. The molecule has 1 saturated heterocycles. The van der Waals surface area contributed by atoms with Gasteiger partial charge in [0.25, 0.3) is 0 Å². The van der Waals surface area contributed by atoms with E-state index in [0.717, 1.165) is 37.0 Å². The van der Waals surface area contributed by atoms with Crippen LogP contribution in [0.5, 0.6) is 5.75 Å². The van der Waals surface area contributed by atoms with Gasteiger partial charge in [0.1, 0.15) is 5.75 Å². The van der Waals surface area contributed by atoms with Crippen LogP contribution in [0.3, 0.4) is 0 Å². The van der Waals surface area contributed by atoms with Crippen LogP contribution >= 0.6 is 0 Å². The van der Waals surface area contributed by atoms with E-state index in [1.54, 1.807) is 0 Å². The van der Waals surface area contributed by atoms with Gasteiger partial charge in [-0.3, -0.25) is 4.90 Å². The van der Waals surface area contributed by atoms with E-state index in [0.29, 0.717) is 5.75 Å². The molecule has 1 aliphatic rings. The van der Waals surface area contributed by atoms with Gasteiger partial charge in [-0.1, -0.05) is 31.5 Å². The lowest BCUT2D eigenvalue weighted by Gasteiger charge is -2.34. The molecule has 18 heavy (non-hydrogen) atoms. The van der Waals surface area contributed by atoms with Crippen molar-refractivity contribution in [3.63, 3.8) is 0 Å². The molecule has 2 nitrogen and oxygen atoms in total. The quantitative estimate of drug-likeness (QED) is 0.882. The van der Waals surface area contributed by atoms with Crippen molar-refractivity contribution in [2.45, 2.75) is 40.2 Å². The third kappa shape index (κ3) is 3.26. The SMILES string of the molecule is Cc1ccc(O)c(CN2CCC(C(C)C)CC2)c1. The molecule has 0 aromatic heterocycles. The zero-order chi connectivity index (χ0) is 13.1. The van der Waals surface area contributed by atoms with Crippen LogP contribution in [-0.4, -0.2) is 23.1 Å². The number of aromatic hydroxyl groups is 1. The smallest absolute Gasteiger partial charge is 0.120 e. The predicted molar refractivity (Wildman–Crippen MR) is 75.7 cm³/mol. The van der Waals surface area contributed by atoms with Crippen molar-refractivity contribution in [3.8, 4) is 5.75 Å². The molecule has 0 atom stereocenters. The summed E-state index contributed by atoms with van der Waals surface area (Å²) < 4.78 is 0. The highest BCUT2D eigenvalue weighted by atomic mass is 16.3. The Balaban J connectivity index is 1.93. The summed E-state index contributed by atoms with van der Waals surface area (Å²) in [6.45, 7) is 9.94. The van der Waals surface area contributed by atoms with E-state index >= 15 is 0 Å². The van der Waals surface area contributed by atoms with Gasteiger partial charge in [-0.2, -0.15) is 0 Å². The number of nitrogens with zero attached hydrogens (tertiary/aromatic N) is 1. The maximum atomic E-state index is 9.88. The monoisotopic (exact) mass is 247 g/mol. The van der Waals surface area contributed by atoms with Crippen LogP contribution in [0, 0.1) is 18.8 Å². The molecule has 1 aromatic carbocycles. The number of aryl methyl sites for hydroxylation is 1. The maximum absolute atomic E-state index is 9.88. The number of hydrogen-bond acceptors (Lipinski definition) is 2. The molecule has 0 saturated carbocycles. The molecular weight excluding hydrogens is 222 g/mol. The van der Waals surface area contributed by atoms with E-state index in [4.69, 9.17) is 0 Å². The fourth-order valence-corrected chi connectivity index (χ4v) is 2.86. The average Bonchev–Trinajstić information content (AvgIpc) is 2.34. The molecule has 1 fully saturated rings. The Morgan fingerprint density at radius 2 is 1.94 bits per heavy atom. The van der Waals surface area contributed by atoms with Crippen LogP contribution < -0.4 is 0 Å². The van der Waals surface area contributed by atoms with Crippen LogP contribution in [0.1, 0.15) is 37.8 Å². The Morgan fingerprint density at radius 1 is 1.28 bits per heavy atom. The molecule has 0 aliphatic carbocycles. The molecule has 0 bridgehead atoms. The largest absolute Gasteiger partial charge is 0.508 e. The highest BCUT2D eigenvalue weighted by Gasteiger charge is 2.21. The van der Waals surface area contributed by atoms with Gasteiger partial charge in [0, 0.05) is 12.1 Å². The second-order valence-corrected chi connectivity index (χ2v) is 5.99. The van der Waals surface area contributed by atoms with E-state index in [2.05, 4.69) is 31.7 Å². The molecule has 1 N–H and O–H groups in total. The maximum Gasteiger partial charge on any atom is 0.120 e. The molecule has 0 spiro atoms. The number of hydrogen-bond donors (Lipinski definition) is 1. The fraction of sp³-hybridized carbons (Fsp3) is 0.625. The molecule has 0 amide bonds. The van der Waals surface area contributed by atoms with Gasteiger partial charge < -0.3 is 5.11 Å². The molecule has 2 rings (SSSR count). The summed E-state index contributed by atoms with van der Waals surface area (Å²) in [7, 11) is 0. The Bertz CT molecular complexity index is 392. The second kappa shape index (κ2) is 5.75. The normalized spacial score (nSPS) is 18.4. The van der Waals surface area contributed by atoms with Crippen molar-refractivity contribution >= 4 is 0 Å². The summed E-state index contributed by atoms with van der Waals surface area (Å²) in [5.41, 5.74) is 2.29. The first kappa shape index (κ1) is 13.4. The number of rotatable bonds is 3. The van der Waals surface area contributed by atoms with Crippen molar-refractivity contribution in [1.82, 2.24) is 4.90 Å². The minimum atomic E-state index is 0.437. The van der Waals surface area contributed by atoms with Crippen molar-refractivity contribution in [3.05, 3.63) is 29.3 Å². The van der Waals surface area contributed by atoms with E-state index in [-0.39, 0.29) is 0 Å². The third-order valence-corrected chi connectivity index (χ3v) is 4.20. The number of benzene rings is 1. The summed E-state index contributed by atoms with van der Waals surface area (Å²) >= 11 is 0. The van der Waals surface area contributed by atoms with Gasteiger partial charge >= 0.3 is 0 Å². The van der Waals surface area contributed by atoms with Gasteiger partial charge in [-0.25, -0.2) is 0 Å². The summed E-state index contributed by atoms with van der Waals surface area (Å²) in [5, 5.41) is 9.88. The molecule has 1 aromatic rings. The van der Waals surface area contributed by atoms with Crippen LogP contribution in [0.4, 0.5) is 0 Å². The van der Waals surface area contributed by atoms with Gasteiger partial charge in [-0.15, -0.1) is 0 Å². The third-order valence-electron chi connectivity index (χ3n) is 4.20.